The predicted molar refractivity (Wildman–Crippen MR) is 72.8 cm³/mol. The van der Waals surface area contributed by atoms with Gasteiger partial charge in [-0.3, -0.25) is 0 Å². The second kappa shape index (κ2) is 4.93. The average Bonchev–Trinajstić information content (AvgIpc) is 2.96. The number of nitrogens with zero attached hydrogens (tertiary/aromatic N) is 3. The third kappa shape index (κ3) is 2.33. The minimum Gasteiger partial charge on any atom is -0.475 e. The summed E-state index contributed by atoms with van der Waals surface area (Å²) in [4.78, 5) is 15.2. The van der Waals surface area contributed by atoms with Gasteiger partial charge in [0.1, 0.15) is 11.4 Å². The number of ether oxygens (including phenoxy) is 1. The van der Waals surface area contributed by atoms with E-state index in [0.29, 0.717) is 11.4 Å². The topological polar surface area (TPSA) is 89.9 Å². The van der Waals surface area contributed by atoms with E-state index in [1.807, 2.05) is 32.0 Å². The van der Waals surface area contributed by atoms with E-state index in [9.17, 15) is 4.79 Å². The smallest absolute Gasteiger partial charge is 0.373 e. The fraction of sp³-hybridized carbons (Fsp3) is 0.214. The molecule has 2 heterocycles. The fourth-order valence-electron chi connectivity index (χ4n) is 2.04. The lowest BCUT2D eigenvalue weighted by molar-refractivity contribution is 0.0662. The highest BCUT2D eigenvalue weighted by molar-refractivity contribution is 5.86. The molecule has 3 rings (SSSR count). The second-order valence-electron chi connectivity index (χ2n) is 4.78. The van der Waals surface area contributed by atoms with Gasteiger partial charge in [-0.2, -0.15) is 4.52 Å². The zero-order chi connectivity index (χ0) is 15.0. The van der Waals surface area contributed by atoms with Gasteiger partial charge in [0.2, 0.25) is 5.76 Å². The van der Waals surface area contributed by atoms with Crippen molar-refractivity contribution in [3.8, 4) is 11.8 Å². The Morgan fingerprint density at radius 3 is 2.67 bits per heavy atom. The number of carboxylic acid groups (broad SMARTS) is 1. The highest BCUT2D eigenvalue weighted by atomic mass is 16.5. The van der Waals surface area contributed by atoms with Crippen molar-refractivity contribution in [2.24, 2.45) is 0 Å². The van der Waals surface area contributed by atoms with Crippen molar-refractivity contribution in [3.05, 3.63) is 41.8 Å². The second-order valence-corrected chi connectivity index (χ2v) is 4.78. The van der Waals surface area contributed by atoms with Crippen LogP contribution in [0.25, 0.3) is 5.84 Å². The molecule has 0 unspecified atom stereocenters. The molecule has 3 aromatic rings. The molecule has 0 aliphatic heterocycles. The first-order chi connectivity index (χ1) is 10.1. The van der Waals surface area contributed by atoms with Crippen molar-refractivity contribution < 1.29 is 19.1 Å². The molecule has 0 aliphatic rings. The van der Waals surface area contributed by atoms with Crippen LogP contribution >= 0.6 is 0 Å². The van der Waals surface area contributed by atoms with E-state index in [-0.39, 0.29) is 23.5 Å². The van der Waals surface area contributed by atoms with Gasteiger partial charge in [0.15, 0.2) is 0 Å². The first-order valence-corrected chi connectivity index (χ1v) is 6.42. The molecule has 0 fully saturated rings. The zero-order valence-electron chi connectivity index (χ0n) is 11.5. The van der Waals surface area contributed by atoms with Gasteiger partial charge in [-0.1, -0.05) is 32.0 Å². The van der Waals surface area contributed by atoms with Crippen LogP contribution < -0.4 is 4.74 Å². The Hall–Kier alpha value is -2.83. The van der Waals surface area contributed by atoms with Gasteiger partial charge in [0.05, 0.1) is 0 Å². The van der Waals surface area contributed by atoms with Crippen molar-refractivity contribution >= 4 is 11.8 Å². The van der Waals surface area contributed by atoms with Crippen LogP contribution in [-0.2, 0) is 0 Å². The van der Waals surface area contributed by atoms with Crippen LogP contribution in [0.1, 0.15) is 36.0 Å². The number of benzene rings is 1. The van der Waals surface area contributed by atoms with E-state index >= 15 is 0 Å². The van der Waals surface area contributed by atoms with E-state index in [1.165, 1.54) is 4.52 Å². The summed E-state index contributed by atoms with van der Waals surface area (Å²) in [6.45, 7) is 3.71. The number of oxazole rings is 1. The van der Waals surface area contributed by atoms with Gasteiger partial charge >= 0.3 is 17.8 Å². The van der Waals surface area contributed by atoms with Crippen molar-refractivity contribution in [2.75, 3.05) is 0 Å². The standard InChI is InChI=1S/C14H13N3O4/c1-8(2)10-11(12(18)19)21-14-15-13(16-17(10)14)20-9-6-4-3-5-7-9/h3-8H,1-2H3,(H,18,19). The highest BCUT2D eigenvalue weighted by Gasteiger charge is 2.25. The molecule has 108 valence electrons. The number of hydrogen-bond donors (Lipinski definition) is 1. The lowest BCUT2D eigenvalue weighted by Crippen LogP contribution is -2.05. The van der Waals surface area contributed by atoms with Gasteiger partial charge in [-0.05, 0) is 18.1 Å². The van der Waals surface area contributed by atoms with E-state index < -0.39 is 5.97 Å². The summed E-state index contributed by atoms with van der Waals surface area (Å²) in [5, 5.41) is 13.3. The Labute approximate surface area is 119 Å². The van der Waals surface area contributed by atoms with Gasteiger partial charge in [0, 0.05) is 0 Å². The number of carbonyl (C=O) groups is 1. The number of aromatic nitrogens is 3. The molecule has 7 nitrogen and oxygen atoms in total. The van der Waals surface area contributed by atoms with Crippen LogP contribution in [0, 0.1) is 0 Å². The molecule has 0 spiro atoms. The largest absolute Gasteiger partial charge is 0.475 e. The third-order valence-electron chi connectivity index (χ3n) is 2.91. The Balaban J connectivity index is 2.03. The van der Waals surface area contributed by atoms with E-state index in [0.717, 1.165) is 0 Å². The lowest BCUT2D eigenvalue weighted by Gasteiger charge is -2.02. The van der Waals surface area contributed by atoms with E-state index in [1.54, 1.807) is 12.1 Å². The number of hydrogen-bond acceptors (Lipinski definition) is 5. The Morgan fingerprint density at radius 1 is 1.33 bits per heavy atom. The molecule has 1 aromatic carbocycles. The molecule has 0 aliphatic carbocycles. The molecule has 1 N–H and O–H groups in total. The predicted octanol–water partition coefficient (Wildman–Crippen LogP) is 2.94. The van der Waals surface area contributed by atoms with Gasteiger partial charge in [-0.15, -0.1) is 10.1 Å². The minimum absolute atomic E-state index is 0.0800. The van der Waals surface area contributed by atoms with Crippen LogP contribution in [0.5, 0.6) is 11.8 Å². The normalized spacial score (nSPS) is 11.2. The van der Waals surface area contributed by atoms with Crippen molar-refractivity contribution in [1.82, 2.24) is 14.6 Å². The van der Waals surface area contributed by atoms with E-state index in [4.69, 9.17) is 14.3 Å². The van der Waals surface area contributed by atoms with Crippen molar-refractivity contribution in [1.29, 1.82) is 0 Å². The summed E-state index contributed by atoms with van der Waals surface area (Å²) in [6.07, 6.45) is 0. The number of para-hydroxylation sites is 1. The maximum absolute atomic E-state index is 11.2. The van der Waals surface area contributed by atoms with Crippen LogP contribution in [0.4, 0.5) is 0 Å². The quantitative estimate of drug-likeness (QED) is 0.793. The van der Waals surface area contributed by atoms with E-state index in [2.05, 4.69) is 10.1 Å². The first-order valence-electron chi connectivity index (χ1n) is 6.42. The molecule has 21 heavy (non-hydrogen) atoms. The minimum atomic E-state index is -1.14. The molecule has 7 heteroatoms. The maximum Gasteiger partial charge on any atom is 0.373 e. The number of aromatic carboxylic acids is 1. The number of carboxylic acids is 1. The molecule has 0 radical (unpaired) electrons. The number of fused-ring (bicyclic) bond motifs is 1. The third-order valence-corrected chi connectivity index (χ3v) is 2.91. The molecule has 0 saturated heterocycles. The number of rotatable bonds is 4. The first kappa shape index (κ1) is 13.2. The molecule has 0 atom stereocenters. The zero-order valence-corrected chi connectivity index (χ0v) is 11.5. The summed E-state index contributed by atoms with van der Waals surface area (Å²) >= 11 is 0. The fourth-order valence-corrected chi connectivity index (χ4v) is 2.04. The Morgan fingerprint density at radius 2 is 2.05 bits per heavy atom. The monoisotopic (exact) mass is 287 g/mol. The van der Waals surface area contributed by atoms with Gasteiger partial charge < -0.3 is 14.3 Å². The summed E-state index contributed by atoms with van der Waals surface area (Å²) in [6, 6.07) is 9.19. The summed E-state index contributed by atoms with van der Waals surface area (Å²) in [5.74, 6) is -0.677. The van der Waals surface area contributed by atoms with Crippen molar-refractivity contribution in [2.45, 2.75) is 19.8 Å². The average molecular weight is 287 g/mol. The van der Waals surface area contributed by atoms with Crippen LogP contribution in [0.2, 0.25) is 0 Å². The van der Waals surface area contributed by atoms with Crippen LogP contribution in [0.15, 0.2) is 34.7 Å². The SMILES string of the molecule is CC(C)c1c(C(=O)O)oc2nc(Oc3ccccc3)nn12. The van der Waals surface area contributed by atoms with Crippen LogP contribution in [0.3, 0.4) is 0 Å². The molecule has 0 amide bonds. The Kier molecular flexibility index (Phi) is 3.09. The van der Waals surface area contributed by atoms with Crippen molar-refractivity contribution in [3.63, 3.8) is 0 Å². The summed E-state index contributed by atoms with van der Waals surface area (Å²) < 4.78 is 12.1. The summed E-state index contributed by atoms with van der Waals surface area (Å²) in [5.41, 5.74) is 0.452. The maximum atomic E-state index is 11.2. The molecular formula is C14H13N3O4. The van der Waals surface area contributed by atoms with Gasteiger partial charge in [0.25, 0.3) is 0 Å². The van der Waals surface area contributed by atoms with Crippen LogP contribution in [-0.4, -0.2) is 25.7 Å². The molecule has 2 aromatic heterocycles. The summed E-state index contributed by atoms with van der Waals surface area (Å²) in [7, 11) is 0. The molecule has 0 bridgehead atoms. The molecule has 0 saturated carbocycles. The van der Waals surface area contributed by atoms with Gasteiger partial charge in [-0.25, -0.2) is 4.79 Å². The molecular weight excluding hydrogens is 274 g/mol. The highest BCUT2D eigenvalue weighted by Crippen LogP contribution is 2.26. The Bertz CT molecular complexity index is 789. The lowest BCUT2D eigenvalue weighted by atomic mass is 10.1.